The van der Waals surface area contributed by atoms with Crippen molar-refractivity contribution in [2.75, 3.05) is 0 Å². The molecule has 0 N–H and O–H groups in total. The van der Waals surface area contributed by atoms with Gasteiger partial charge in [0, 0.05) is 10.7 Å². The van der Waals surface area contributed by atoms with Crippen molar-refractivity contribution in [3.63, 3.8) is 0 Å². The first-order chi connectivity index (χ1) is 7.68. The predicted octanol–water partition coefficient (Wildman–Crippen LogP) is 4.43. The molecule has 1 aromatic heterocycles. The highest BCUT2D eigenvalue weighted by Crippen LogP contribution is 2.46. The van der Waals surface area contributed by atoms with Crippen LogP contribution in [0.5, 0.6) is 0 Å². The van der Waals surface area contributed by atoms with Crippen LogP contribution in [0.15, 0.2) is 10.8 Å². The SMILES string of the molecule is CC(C)CC1(c2ocnc2CBr)CCCC1. The lowest BCUT2D eigenvalue weighted by atomic mass is 9.76. The van der Waals surface area contributed by atoms with Crippen molar-refractivity contribution in [3.05, 3.63) is 17.8 Å². The van der Waals surface area contributed by atoms with Crippen LogP contribution in [0.4, 0.5) is 0 Å². The lowest BCUT2D eigenvalue weighted by molar-refractivity contribution is 0.283. The van der Waals surface area contributed by atoms with E-state index in [2.05, 4.69) is 34.8 Å². The van der Waals surface area contributed by atoms with E-state index in [9.17, 15) is 0 Å². The molecule has 0 unspecified atom stereocenters. The maximum Gasteiger partial charge on any atom is 0.181 e. The standard InChI is InChI=1S/C13H20BrNO/c1-10(2)7-13(5-3-4-6-13)12-11(8-14)15-9-16-12/h9-10H,3-8H2,1-2H3. The molecule has 1 fully saturated rings. The maximum absolute atomic E-state index is 5.70. The first-order valence-electron chi connectivity index (χ1n) is 6.17. The quantitative estimate of drug-likeness (QED) is 0.765. The number of alkyl halides is 1. The molecule has 3 heteroatoms. The molecule has 90 valence electrons. The second-order valence-corrected chi connectivity index (χ2v) is 5.91. The molecule has 0 radical (unpaired) electrons. The summed E-state index contributed by atoms with van der Waals surface area (Å²) in [5, 5.41) is 0.804. The Morgan fingerprint density at radius 1 is 1.44 bits per heavy atom. The molecule has 0 aliphatic heterocycles. The van der Waals surface area contributed by atoms with Crippen LogP contribution < -0.4 is 0 Å². The molecule has 0 amide bonds. The first-order valence-corrected chi connectivity index (χ1v) is 7.29. The smallest absolute Gasteiger partial charge is 0.181 e. The molecule has 0 spiro atoms. The van der Waals surface area contributed by atoms with Gasteiger partial charge in [0.05, 0.1) is 5.69 Å². The average Bonchev–Trinajstić information content (AvgIpc) is 2.84. The molecule has 1 aromatic rings. The van der Waals surface area contributed by atoms with Gasteiger partial charge in [0.15, 0.2) is 6.39 Å². The fourth-order valence-corrected chi connectivity index (χ4v) is 3.55. The van der Waals surface area contributed by atoms with Crippen LogP contribution in [0, 0.1) is 5.92 Å². The Hall–Kier alpha value is -0.310. The summed E-state index contributed by atoms with van der Waals surface area (Å²) >= 11 is 3.50. The van der Waals surface area contributed by atoms with Crippen LogP contribution in [0.3, 0.4) is 0 Å². The topological polar surface area (TPSA) is 26.0 Å². The summed E-state index contributed by atoms with van der Waals surface area (Å²) < 4.78 is 5.70. The lowest BCUT2D eigenvalue weighted by Gasteiger charge is -2.29. The van der Waals surface area contributed by atoms with Crippen molar-refractivity contribution < 1.29 is 4.42 Å². The molecule has 16 heavy (non-hydrogen) atoms. The van der Waals surface area contributed by atoms with Crippen molar-refractivity contribution in [3.8, 4) is 0 Å². The van der Waals surface area contributed by atoms with Crippen LogP contribution in [-0.4, -0.2) is 4.98 Å². The van der Waals surface area contributed by atoms with Crippen molar-refractivity contribution in [2.24, 2.45) is 5.92 Å². The first kappa shape index (κ1) is 12.2. The Kier molecular flexibility index (Phi) is 3.73. The summed E-state index contributed by atoms with van der Waals surface area (Å²) in [6.07, 6.45) is 8.01. The van der Waals surface area contributed by atoms with Gasteiger partial charge in [-0.15, -0.1) is 0 Å². The van der Waals surface area contributed by atoms with Gasteiger partial charge in [-0.05, 0) is 25.2 Å². The summed E-state index contributed by atoms with van der Waals surface area (Å²) in [7, 11) is 0. The van der Waals surface area contributed by atoms with E-state index in [0.29, 0.717) is 5.92 Å². The molecule has 1 aliphatic carbocycles. The van der Waals surface area contributed by atoms with Gasteiger partial charge < -0.3 is 4.42 Å². The van der Waals surface area contributed by atoms with Gasteiger partial charge in [-0.2, -0.15) is 0 Å². The summed E-state index contributed by atoms with van der Waals surface area (Å²) in [6.45, 7) is 4.59. The monoisotopic (exact) mass is 285 g/mol. The highest BCUT2D eigenvalue weighted by molar-refractivity contribution is 9.08. The normalized spacial score (nSPS) is 19.5. The number of nitrogens with zero attached hydrogens (tertiary/aromatic N) is 1. The molecule has 2 rings (SSSR count). The summed E-state index contributed by atoms with van der Waals surface area (Å²) in [6, 6.07) is 0. The molecule has 1 heterocycles. The highest BCUT2D eigenvalue weighted by atomic mass is 79.9. The summed E-state index contributed by atoms with van der Waals surface area (Å²) in [4.78, 5) is 4.32. The van der Waals surface area contributed by atoms with Gasteiger partial charge in [-0.1, -0.05) is 42.6 Å². The fourth-order valence-electron chi connectivity index (χ4n) is 3.15. The van der Waals surface area contributed by atoms with Gasteiger partial charge in [-0.3, -0.25) is 0 Å². The third-order valence-electron chi connectivity index (χ3n) is 3.61. The molecule has 0 atom stereocenters. The number of hydrogen-bond acceptors (Lipinski definition) is 2. The largest absolute Gasteiger partial charge is 0.448 e. The van der Waals surface area contributed by atoms with E-state index in [0.717, 1.165) is 16.8 Å². The van der Waals surface area contributed by atoms with Crippen molar-refractivity contribution in [1.29, 1.82) is 0 Å². The Balaban J connectivity index is 2.31. The Morgan fingerprint density at radius 3 is 2.69 bits per heavy atom. The van der Waals surface area contributed by atoms with E-state index in [4.69, 9.17) is 4.42 Å². The second kappa shape index (κ2) is 4.91. The number of rotatable bonds is 4. The zero-order valence-corrected chi connectivity index (χ0v) is 11.7. The molecule has 0 aromatic carbocycles. The minimum absolute atomic E-state index is 0.272. The third kappa shape index (κ3) is 2.20. The maximum atomic E-state index is 5.70. The van der Waals surface area contributed by atoms with Crippen molar-refractivity contribution in [2.45, 2.75) is 56.7 Å². The van der Waals surface area contributed by atoms with E-state index < -0.39 is 0 Å². The van der Waals surface area contributed by atoms with Crippen LogP contribution in [-0.2, 0) is 10.7 Å². The zero-order chi connectivity index (χ0) is 11.6. The highest BCUT2D eigenvalue weighted by Gasteiger charge is 2.40. The van der Waals surface area contributed by atoms with Gasteiger partial charge in [0.25, 0.3) is 0 Å². The molecular weight excluding hydrogens is 266 g/mol. The second-order valence-electron chi connectivity index (χ2n) is 5.35. The third-order valence-corrected chi connectivity index (χ3v) is 4.14. The zero-order valence-electron chi connectivity index (χ0n) is 10.1. The summed E-state index contributed by atoms with van der Waals surface area (Å²) in [5.74, 6) is 1.86. The molecule has 1 aliphatic rings. The Morgan fingerprint density at radius 2 is 2.12 bits per heavy atom. The van der Waals surface area contributed by atoms with E-state index in [1.165, 1.54) is 32.1 Å². The van der Waals surface area contributed by atoms with Crippen LogP contribution >= 0.6 is 15.9 Å². The lowest BCUT2D eigenvalue weighted by Crippen LogP contribution is -2.25. The van der Waals surface area contributed by atoms with E-state index >= 15 is 0 Å². The average molecular weight is 286 g/mol. The summed E-state index contributed by atoms with van der Waals surface area (Å²) in [5.41, 5.74) is 1.37. The van der Waals surface area contributed by atoms with Gasteiger partial charge in [0.1, 0.15) is 5.76 Å². The number of hydrogen-bond donors (Lipinski definition) is 0. The van der Waals surface area contributed by atoms with Crippen LogP contribution in [0.1, 0.15) is 57.4 Å². The number of halogens is 1. The number of oxazole rings is 1. The van der Waals surface area contributed by atoms with E-state index in [-0.39, 0.29) is 5.41 Å². The molecule has 1 saturated carbocycles. The van der Waals surface area contributed by atoms with Gasteiger partial charge in [-0.25, -0.2) is 4.98 Å². The van der Waals surface area contributed by atoms with E-state index in [1.807, 2.05) is 0 Å². The van der Waals surface area contributed by atoms with E-state index in [1.54, 1.807) is 6.39 Å². The van der Waals surface area contributed by atoms with Gasteiger partial charge in [0.2, 0.25) is 0 Å². The molecule has 2 nitrogen and oxygen atoms in total. The minimum atomic E-state index is 0.272. The van der Waals surface area contributed by atoms with Crippen LogP contribution in [0.25, 0.3) is 0 Å². The van der Waals surface area contributed by atoms with Crippen molar-refractivity contribution >= 4 is 15.9 Å². The minimum Gasteiger partial charge on any atom is -0.448 e. The molecule has 0 bridgehead atoms. The Bertz CT molecular complexity index is 339. The molecule has 0 saturated heterocycles. The fraction of sp³-hybridized carbons (Fsp3) is 0.769. The van der Waals surface area contributed by atoms with Crippen molar-refractivity contribution in [1.82, 2.24) is 4.98 Å². The van der Waals surface area contributed by atoms with Crippen LogP contribution in [0.2, 0.25) is 0 Å². The van der Waals surface area contributed by atoms with Gasteiger partial charge >= 0.3 is 0 Å². The number of aromatic nitrogens is 1. The molecular formula is C13H20BrNO. The predicted molar refractivity (Wildman–Crippen MR) is 68.7 cm³/mol. The Labute approximate surface area is 106 Å².